The fraction of sp³-hybridized carbons (Fsp3) is 0.538. The van der Waals surface area contributed by atoms with Crippen molar-refractivity contribution >= 4 is 34.6 Å². The van der Waals surface area contributed by atoms with Crippen LogP contribution in [0.5, 0.6) is 5.75 Å². The van der Waals surface area contributed by atoms with Crippen molar-refractivity contribution in [3.63, 3.8) is 0 Å². The molecule has 3 amide bonds. The fourth-order valence-corrected chi connectivity index (χ4v) is 5.12. The molecule has 0 radical (unpaired) electrons. The lowest BCUT2D eigenvalue weighted by molar-refractivity contribution is -0.143. The molecule has 10 nitrogen and oxygen atoms in total. The molecule has 1 unspecified atom stereocenters. The first-order chi connectivity index (χ1) is 17.3. The highest BCUT2D eigenvalue weighted by molar-refractivity contribution is 6.01. The van der Waals surface area contributed by atoms with Crippen molar-refractivity contribution in [3.8, 4) is 5.75 Å². The Bertz CT molecular complexity index is 1200. The first kappa shape index (κ1) is 24.1. The van der Waals surface area contributed by atoms with E-state index in [2.05, 4.69) is 20.9 Å². The minimum atomic E-state index is -1.21. The van der Waals surface area contributed by atoms with Crippen molar-refractivity contribution in [3.05, 3.63) is 30.0 Å². The molecule has 1 aliphatic heterocycles. The summed E-state index contributed by atoms with van der Waals surface area (Å²) in [6.07, 6.45) is 5.77. The molecule has 2 saturated carbocycles. The Labute approximate surface area is 208 Å². The van der Waals surface area contributed by atoms with Gasteiger partial charge in [-0.25, -0.2) is 4.79 Å². The molecule has 5 rings (SSSR count). The Kier molecular flexibility index (Phi) is 6.36. The van der Waals surface area contributed by atoms with Crippen molar-refractivity contribution in [1.82, 2.24) is 20.9 Å². The van der Waals surface area contributed by atoms with Crippen LogP contribution in [0.25, 0.3) is 10.9 Å². The Balaban J connectivity index is 1.26. The minimum absolute atomic E-state index is 0.0227. The van der Waals surface area contributed by atoms with Crippen LogP contribution in [0.3, 0.4) is 0 Å². The summed E-state index contributed by atoms with van der Waals surface area (Å²) in [5.74, 6) is -1.87. The maximum absolute atomic E-state index is 13.2. The molecule has 1 spiro atoms. The van der Waals surface area contributed by atoms with Gasteiger partial charge < -0.3 is 30.8 Å². The third-order valence-corrected chi connectivity index (χ3v) is 7.70. The molecule has 2 aliphatic carbocycles. The van der Waals surface area contributed by atoms with E-state index in [1.165, 1.54) is 0 Å². The molecular formula is C26H32N4O6. The molecule has 2 aromatic rings. The van der Waals surface area contributed by atoms with Crippen LogP contribution in [0.1, 0.15) is 61.9 Å². The lowest BCUT2D eigenvalue weighted by Crippen LogP contribution is -2.54. The number of benzene rings is 1. The second-order valence-electron chi connectivity index (χ2n) is 10.4. The zero-order valence-corrected chi connectivity index (χ0v) is 20.3. The lowest BCUT2D eigenvalue weighted by atomic mass is 9.87. The van der Waals surface area contributed by atoms with E-state index in [0.29, 0.717) is 24.5 Å². The number of hydrogen-bond acceptors (Lipinski definition) is 5. The molecule has 2 heterocycles. The van der Waals surface area contributed by atoms with Crippen LogP contribution in [-0.4, -0.2) is 58.5 Å². The molecule has 1 aromatic heterocycles. The van der Waals surface area contributed by atoms with E-state index in [1.807, 2.05) is 12.1 Å². The van der Waals surface area contributed by atoms with Crippen LogP contribution >= 0.6 is 0 Å². The summed E-state index contributed by atoms with van der Waals surface area (Å²) in [5, 5.41) is 18.9. The molecule has 36 heavy (non-hydrogen) atoms. The van der Waals surface area contributed by atoms with Gasteiger partial charge in [-0.2, -0.15) is 0 Å². The third kappa shape index (κ3) is 5.17. The summed E-state index contributed by atoms with van der Waals surface area (Å²) in [6, 6.07) is 5.01. The van der Waals surface area contributed by atoms with Gasteiger partial charge in [0.15, 0.2) is 0 Å². The van der Waals surface area contributed by atoms with Crippen molar-refractivity contribution in [2.75, 3.05) is 7.11 Å². The minimum Gasteiger partial charge on any atom is -0.496 e. The summed E-state index contributed by atoms with van der Waals surface area (Å²) in [5.41, 5.74) is 0.931. The van der Waals surface area contributed by atoms with Gasteiger partial charge in [0.2, 0.25) is 11.8 Å². The molecule has 1 saturated heterocycles. The number of ether oxygens (including phenoxy) is 1. The van der Waals surface area contributed by atoms with Gasteiger partial charge in [0.05, 0.1) is 7.11 Å². The predicted molar refractivity (Wildman–Crippen MR) is 130 cm³/mol. The monoisotopic (exact) mass is 496 g/mol. The number of methoxy groups -OCH3 is 1. The summed E-state index contributed by atoms with van der Waals surface area (Å²) >= 11 is 0. The van der Waals surface area contributed by atoms with E-state index < -0.39 is 35.8 Å². The second kappa shape index (κ2) is 9.48. The van der Waals surface area contributed by atoms with E-state index in [4.69, 9.17) is 4.74 Å². The standard InChI is InChI=1S/C26H32N4O6/c1-36-21-4-2-3-17-16(21)13-19(27-17)24(33)28-18(11-14-5-6-14)23(32)29-20(25(34)35)12-15-7-8-26(9-10-26)30-22(15)31/h2-4,13-15,18,20,27H,5-12H2,1H3,(H,28,33)(H,29,32)(H,30,31)(H,34,35)/t15?,18-,20-/m0/s1. The van der Waals surface area contributed by atoms with Crippen molar-refractivity contribution in [1.29, 1.82) is 0 Å². The Hall–Kier alpha value is -3.56. The van der Waals surface area contributed by atoms with E-state index in [0.717, 1.165) is 43.0 Å². The third-order valence-electron chi connectivity index (χ3n) is 7.70. The number of hydrogen-bond donors (Lipinski definition) is 5. The molecule has 1 aromatic carbocycles. The number of carboxylic acid groups (broad SMARTS) is 1. The number of nitrogens with one attached hydrogen (secondary N) is 4. The van der Waals surface area contributed by atoms with Gasteiger partial charge in [0.1, 0.15) is 23.5 Å². The first-order valence-electron chi connectivity index (χ1n) is 12.6. The van der Waals surface area contributed by atoms with Crippen LogP contribution in [0.2, 0.25) is 0 Å². The van der Waals surface area contributed by atoms with E-state index in [1.54, 1.807) is 19.2 Å². The highest BCUT2D eigenvalue weighted by Crippen LogP contribution is 2.44. The lowest BCUT2D eigenvalue weighted by Gasteiger charge is -2.31. The highest BCUT2D eigenvalue weighted by Gasteiger charge is 2.48. The molecule has 5 N–H and O–H groups in total. The highest BCUT2D eigenvalue weighted by atomic mass is 16.5. The van der Waals surface area contributed by atoms with Crippen LogP contribution in [0, 0.1) is 11.8 Å². The average molecular weight is 497 g/mol. The van der Waals surface area contributed by atoms with Crippen LogP contribution in [-0.2, 0) is 14.4 Å². The number of aromatic amines is 1. The van der Waals surface area contributed by atoms with Crippen LogP contribution in [0.15, 0.2) is 24.3 Å². The molecule has 192 valence electrons. The number of H-pyrrole nitrogens is 1. The van der Waals surface area contributed by atoms with Gasteiger partial charge in [-0.05, 0) is 62.6 Å². The number of piperidine rings is 1. The predicted octanol–water partition coefficient (Wildman–Crippen LogP) is 2.09. The second-order valence-corrected chi connectivity index (χ2v) is 10.4. The molecule has 3 fully saturated rings. The molecule has 3 aliphatic rings. The zero-order chi connectivity index (χ0) is 25.4. The number of aromatic nitrogens is 1. The fourth-order valence-electron chi connectivity index (χ4n) is 5.12. The van der Waals surface area contributed by atoms with E-state index >= 15 is 0 Å². The van der Waals surface area contributed by atoms with Crippen molar-refractivity contribution in [2.24, 2.45) is 11.8 Å². The molecule has 0 bridgehead atoms. The number of carbonyl (C=O) groups is 4. The smallest absolute Gasteiger partial charge is 0.326 e. The van der Waals surface area contributed by atoms with Crippen LogP contribution < -0.4 is 20.7 Å². The van der Waals surface area contributed by atoms with Gasteiger partial charge in [0.25, 0.3) is 5.91 Å². The van der Waals surface area contributed by atoms with Gasteiger partial charge in [-0.15, -0.1) is 0 Å². The van der Waals surface area contributed by atoms with Gasteiger partial charge in [-0.1, -0.05) is 18.9 Å². The molecule has 3 atom stereocenters. The van der Waals surface area contributed by atoms with Crippen LogP contribution in [0.4, 0.5) is 0 Å². The molecular weight excluding hydrogens is 464 g/mol. The Morgan fingerprint density at radius 2 is 1.89 bits per heavy atom. The molecule has 10 heteroatoms. The number of fused-ring (bicyclic) bond motifs is 1. The summed E-state index contributed by atoms with van der Waals surface area (Å²) in [4.78, 5) is 53.8. The zero-order valence-electron chi connectivity index (χ0n) is 20.3. The number of carbonyl (C=O) groups excluding carboxylic acids is 3. The quantitative estimate of drug-likeness (QED) is 0.340. The summed E-state index contributed by atoms with van der Waals surface area (Å²) in [6.45, 7) is 0. The van der Waals surface area contributed by atoms with Crippen molar-refractivity contribution < 1.29 is 29.0 Å². The van der Waals surface area contributed by atoms with Gasteiger partial charge >= 0.3 is 5.97 Å². The number of rotatable bonds is 10. The number of carboxylic acids is 1. The van der Waals surface area contributed by atoms with Gasteiger partial charge in [0, 0.05) is 22.4 Å². The normalized spacial score (nSPS) is 21.9. The van der Waals surface area contributed by atoms with E-state index in [9.17, 15) is 24.3 Å². The Morgan fingerprint density at radius 3 is 2.53 bits per heavy atom. The SMILES string of the molecule is COc1cccc2[nH]c(C(=O)N[C@@H](CC3CC3)C(=O)N[C@@H](CC3CCC4(CC4)NC3=O)C(=O)O)cc12. The Morgan fingerprint density at radius 1 is 1.11 bits per heavy atom. The summed E-state index contributed by atoms with van der Waals surface area (Å²) in [7, 11) is 1.55. The maximum atomic E-state index is 13.2. The average Bonchev–Trinajstić information content (AvgIpc) is 3.77. The first-order valence-corrected chi connectivity index (χ1v) is 12.6. The van der Waals surface area contributed by atoms with E-state index in [-0.39, 0.29) is 23.6 Å². The number of aliphatic carboxylic acids is 1. The van der Waals surface area contributed by atoms with Gasteiger partial charge in [-0.3, -0.25) is 14.4 Å². The topological polar surface area (TPSA) is 150 Å². The van der Waals surface area contributed by atoms with Crippen molar-refractivity contribution in [2.45, 2.75) is 69.0 Å². The largest absolute Gasteiger partial charge is 0.496 e. The maximum Gasteiger partial charge on any atom is 0.326 e. The number of amides is 3. The summed E-state index contributed by atoms with van der Waals surface area (Å²) < 4.78 is 5.35.